The number of hydrogen-bond acceptors (Lipinski definition) is 10. The summed E-state index contributed by atoms with van der Waals surface area (Å²) in [6.07, 6.45) is 1.51. The van der Waals surface area contributed by atoms with E-state index in [1.165, 1.54) is 51.9 Å². The molecule has 0 fully saturated rings. The van der Waals surface area contributed by atoms with E-state index in [4.69, 9.17) is 4.74 Å². The molecule has 1 aromatic carbocycles. The molecule has 10 nitrogen and oxygen atoms in total. The molecule has 2 aromatic heterocycles. The fourth-order valence-electron chi connectivity index (χ4n) is 4.38. The monoisotopic (exact) mass is 514 g/mol. The number of thioether (sulfide) groups is 2. The number of methoxy groups -OCH3 is 1. The Kier molecular flexibility index (Phi) is 6.32. The number of carbonyl (C=O) groups excluding carboxylic acids is 1. The Morgan fingerprint density at radius 1 is 0.914 bits per heavy atom. The van der Waals surface area contributed by atoms with Gasteiger partial charge in [0.05, 0.1) is 29.7 Å². The van der Waals surface area contributed by atoms with Gasteiger partial charge in [0.25, 0.3) is 11.1 Å². The highest BCUT2D eigenvalue weighted by Crippen LogP contribution is 2.38. The van der Waals surface area contributed by atoms with Crippen molar-refractivity contribution in [2.75, 3.05) is 18.6 Å². The Balaban J connectivity index is 1.78. The van der Waals surface area contributed by atoms with Crippen LogP contribution in [0.2, 0.25) is 0 Å². The maximum atomic E-state index is 13.6. The molecule has 4 heterocycles. The van der Waals surface area contributed by atoms with Crippen LogP contribution < -0.4 is 11.1 Å². The van der Waals surface area contributed by atoms with Gasteiger partial charge in [-0.2, -0.15) is 9.97 Å². The molecule has 2 N–H and O–H groups in total. The van der Waals surface area contributed by atoms with Crippen LogP contribution in [0.25, 0.3) is 0 Å². The number of hydrogen-bond donors (Lipinski definition) is 2. The summed E-state index contributed by atoms with van der Waals surface area (Å²) in [6, 6.07) is 6.13. The van der Waals surface area contributed by atoms with Crippen LogP contribution in [-0.2, 0) is 17.8 Å². The minimum atomic E-state index is -1.16. The largest absolute Gasteiger partial charge is 0.493 e. The fourth-order valence-corrected chi connectivity index (χ4v) is 6.25. The molecule has 0 atom stereocenters. The Labute approximate surface area is 208 Å². The van der Waals surface area contributed by atoms with E-state index in [0.717, 1.165) is 24.3 Å². The lowest BCUT2D eigenvalue weighted by molar-refractivity contribution is 0.0600. The molecule has 3 aromatic rings. The second kappa shape index (κ2) is 9.42. The van der Waals surface area contributed by atoms with Crippen LogP contribution in [0.3, 0.4) is 0 Å². The van der Waals surface area contributed by atoms with Gasteiger partial charge in [-0.05, 0) is 30.5 Å². The lowest BCUT2D eigenvalue weighted by Crippen LogP contribution is -2.35. The van der Waals surface area contributed by atoms with E-state index in [2.05, 4.69) is 9.97 Å². The Hall–Kier alpha value is -3.25. The van der Waals surface area contributed by atoms with E-state index in [-0.39, 0.29) is 16.7 Å². The van der Waals surface area contributed by atoms with Crippen molar-refractivity contribution in [3.8, 4) is 11.8 Å². The number of rotatable bonds is 4. The van der Waals surface area contributed by atoms with E-state index in [9.17, 15) is 24.6 Å². The van der Waals surface area contributed by atoms with Crippen molar-refractivity contribution in [3.05, 3.63) is 67.2 Å². The van der Waals surface area contributed by atoms with Gasteiger partial charge in [-0.25, -0.2) is 4.79 Å². The minimum absolute atomic E-state index is 0.125. The Morgan fingerprint density at radius 3 is 1.86 bits per heavy atom. The summed E-state index contributed by atoms with van der Waals surface area (Å²) < 4.78 is 7.72. The standard InChI is InChI=1S/C23H22N4O6S2/c1-33-21(32)13-6-4-12(5-7-13)14(15-17(28)24-22-26(19(15)30)8-2-10-34-22)16-18(29)25-23-27(20(16)31)9-3-11-35-23/h4-7,14,28-29H,2-3,8-11H2,1H3. The van der Waals surface area contributed by atoms with Gasteiger partial charge in [-0.3, -0.25) is 18.7 Å². The Morgan fingerprint density at radius 2 is 1.40 bits per heavy atom. The normalized spacial score (nSPS) is 14.9. The van der Waals surface area contributed by atoms with Crippen LogP contribution in [0, 0.1) is 0 Å². The van der Waals surface area contributed by atoms with Crippen molar-refractivity contribution in [3.63, 3.8) is 0 Å². The molecule has 0 aliphatic carbocycles. The minimum Gasteiger partial charge on any atom is -0.493 e. The molecule has 35 heavy (non-hydrogen) atoms. The highest BCUT2D eigenvalue weighted by Gasteiger charge is 2.34. The van der Waals surface area contributed by atoms with Crippen LogP contribution in [0.4, 0.5) is 0 Å². The first-order chi connectivity index (χ1) is 16.9. The SMILES string of the molecule is COC(=O)c1ccc(C(c2c(O)nc3n(c2=O)CCCS3)c2c(O)nc3n(c2=O)CCCS3)cc1. The first-order valence-electron chi connectivity index (χ1n) is 11.0. The van der Waals surface area contributed by atoms with Crippen LogP contribution in [-0.4, -0.2) is 53.9 Å². The zero-order valence-electron chi connectivity index (χ0n) is 18.8. The zero-order chi connectivity index (χ0) is 24.7. The summed E-state index contributed by atoms with van der Waals surface area (Å²) in [4.78, 5) is 47.7. The smallest absolute Gasteiger partial charge is 0.337 e. The van der Waals surface area contributed by atoms with Gasteiger partial charge in [0.2, 0.25) is 11.8 Å². The average Bonchev–Trinajstić information content (AvgIpc) is 2.87. The third kappa shape index (κ3) is 4.10. The Bertz CT molecular complexity index is 1350. The molecule has 2 aliphatic heterocycles. The van der Waals surface area contributed by atoms with E-state index < -0.39 is 34.8 Å². The van der Waals surface area contributed by atoms with Crippen LogP contribution in [0.5, 0.6) is 11.8 Å². The fraction of sp³-hybridized carbons (Fsp3) is 0.348. The second-order valence-electron chi connectivity index (χ2n) is 8.13. The number of esters is 1. The summed E-state index contributed by atoms with van der Waals surface area (Å²) in [7, 11) is 1.27. The molecule has 5 rings (SSSR count). The average molecular weight is 515 g/mol. The topological polar surface area (TPSA) is 137 Å². The third-order valence-corrected chi connectivity index (χ3v) is 8.18. The summed E-state index contributed by atoms with van der Waals surface area (Å²) in [5.41, 5.74) is -0.540. The van der Waals surface area contributed by atoms with E-state index in [1.807, 2.05) is 0 Å². The zero-order valence-corrected chi connectivity index (χ0v) is 20.4. The number of carbonyl (C=O) groups is 1. The second-order valence-corrected chi connectivity index (χ2v) is 10.3. The van der Waals surface area contributed by atoms with Gasteiger partial charge in [-0.1, -0.05) is 35.7 Å². The van der Waals surface area contributed by atoms with Gasteiger partial charge in [0.1, 0.15) is 0 Å². The summed E-state index contributed by atoms with van der Waals surface area (Å²) in [5.74, 6) is -1.16. The van der Waals surface area contributed by atoms with Crippen LogP contribution in [0.1, 0.15) is 45.8 Å². The van der Waals surface area contributed by atoms with E-state index in [0.29, 0.717) is 29.0 Å². The molecule has 0 saturated carbocycles. The number of benzene rings is 1. The number of nitrogens with zero attached hydrogens (tertiary/aromatic N) is 4. The molecular weight excluding hydrogens is 492 g/mol. The molecule has 0 radical (unpaired) electrons. The molecule has 182 valence electrons. The lowest BCUT2D eigenvalue weighted by Gasteiger charge is -2.24. The number of ether oxygens (including phenoxy) is 1. The van der Waals surface area contributed by atoms with Crippen molar-refractivity contribution in [1.82, 2.24) is 19.1 Å². The molecule has 12 heteroatoms. The molecule has 0 saturated heterocycles. The quantitative estimate of drug-likeness (QED) is 0.394. The number of aromatic nitrogens is 4. The molecule has 0 amide bonds. The molecule has 0 bridgehead atoms. The van der Waals surface area contributed by atoms with E-state index in [1.54, 1.807) is 12.1 Å². The number of aromatic hydroxyl groups is 2. The summed E-state index contributed by atoms with van der Waals surface area (Å²) in [5, 5.41) is 22.6. The first kappa shape index (κ1) is 23.5. The van der Waals surface area contributed by atoms with Crippen LogP contribution >= 0.6 is 23.5 Å². The first-order valence-corrected chi connectivity index (χ1v) is 13.0. The van der Waals surface area contributed by atoms with Crippen LogP contribution in [0.15, 0.2) is 44.2 Å². The molecule has 0 spiro atoms. The van der Waals surface area contributed by atoms with Crippen molar-refractivity contribution >= 4 is 29.5 Å². The maximum Gasteiger partial charge on any atom is 0.337 e. The van der Waals surface area contributed by atoms with Crippen molar-refractivity contribution in [2.24, 2.45) is 0 Å². The molecule has 2 aliphatic rings. The van der Waals surface area contributed by atoms with Gasteiger partial charge in [0.15, 0.2) is 10.3 Å². The highest BCUT2D eigenvalue weighted by atomic mass is 32.2. The number of fused-ring (bicyclic) bond motifs is 2. The lowest BCUT2D eigenvalue weighted by atomic mass is 9.86. The van der Waals surface area contributed by atoms with Crippen molar-refractivity contribution in [2.45, 2.75) is 42.2 Å². The molecule has 0 unspecified atom stereocenters. The summed E-state index contributed by atoms with van der Waals surface area (Å²) >= 11 is 2.74. The molecular formula is C23H22N4O6S2. The van der Waals surface area contributed by atoms with Gasteiger partial charge in [0, 0.05) is 24.6 Å². The predicted molar refractivity (Wildman–Crippen MR) is 130 cm³/mol. The van der Waals surface area contributed by atoms with Gasteiger partial charge < -0.3 is 14.9 Å². The van der Waals surface area contributed by atoms with Crippen molar-refractivity contribution in [1.29, 1.82) is 0 Å². The maximum absolute atomic E-state index is 13.6. The summed E-state index contributed by atoms with van der Waals surface area (Å²) in [6.45, 7) is 0.860. The van der Waals surface area contributed by atoms with Gasteiger partial charge in [-0.15, -0.1) is 0 Å². The third-order valence-electron chi connectivity index (χ3n) is 6.05. The van der Waals surface area contributed by atoms with Gasteiger partial charge >= 0.3 is 5.97 Å². The van der Waals surface area contributed by atoms with Crippen molar-refractivity contribution < 1.29 is 19.7 Å². The van der Waals surface area contributed by atoms with E-state index >= 15 is 0 Å². The predicted octanol–water partition coefficient (Wildman–Crippen LogP) is 2.17. The highest BCUT2D eigenvalue weighted by molar-refractivity contribution is 7.99.